The lowest BCUT2D eigenvalue weighted by molar-refractivity contribution is -0.139. The molecule has 0 radical (unpaired) electrons. The first-order valence-corrected chi connectivity index (χ1v) is 8.14. The quantitative estimate of drug-likeness (QED) is 0.853. The minimum Gasteiger partial charge on any atom is -0.341 e. The second kappa shape index (κ2) is 6.44. The minimum atomic E-state index is -0.261. The van der Waals surface area contributed by atoms with Crippen LogP contribution in [0, 0.1) is 11.3 Å². The Morgan fingerprint density at radius 3 is 2.80 bits per heavy atom. The molecule has 0 spiro atoms. The summed E-state index contributed by atoms with van der Waals surface area (Å²) < 4.78 is 0. The molecule has 116 valence electrons. The molecule has 1 atom stereocenters. The van der Waals surface area contributed by atoms with Gasteiger partial charge in [0.1, 0.15) is 0 Å². The van der Waals surface area contributed by atoms with Gasteiger partial charge in [-0.15, -0.1) is 0 Å². The second-order valence-corrected chi connectivity index (χ2v) is 7.41. The lowest BCUT2D eigenvalue weighted by Gasteiger charge is -2.38. The largest absolute Gasteiger partial charge is 0.341 e. The van der Waals surface area contributed by atoms with Crippen molar-refractivity contribution in [3.63, 3.8) is 0 Å². The average molecular weight is 281 g/mol. The summed E-state index contributed by atoms with van der Waals surface area (Å²) >= 11 is 0. The summed E-state index contributed by atoms with van der Waals surface area (Å²) in [6.45, 7) is 14.5. The monoisotopic (exact) mass is 281 g/mol. The highest BCUT2D eigenvalue weighted by molar-refractivity contribution is 5.82. The van der Waals surface area contributed by atoms with E-state index in [1.165, 1.54) is 19.4 Å². The standard InChI is InChI=1S/C16H31N3O/c1-13(2)18-8-5-6-14(10-18)11-19-9-7-17-12-16(3,4)15(19)20/h13-14,17H,5-12H2,1-4H3. The molecule has 20 heavy (non-hydrogen) atoms. The Morgan fingerprint density at radius 2 is 2.10 bits per heavy atom. The molecule has 1 unspecified atom stereocenters. The highest BCUT2D eigenvalue weighted by atomic mass is 16.2. The van der Waals surface area contributed by atoms with E-state index in [1.54, 1.807) is 0 Å². The zero-order valence-electron chi connectivity index (χ0n) is 13.6. The van der Waals surface area contributed by atoms with Gasteiger partial charge in [-0.2, -0.15) is 0 Å². The molecule has 0 bridgehead atoms. The van der Waals surface area contributed by atoms with Crippen LogP contribution in [0.5, 0.6) is 0 Å². The molecule has 0 aromatic heterocycles. The smallest absolute Gasteiger partial charge is 0.229 e. The van der Waals surface area contributed by atoms with Gasteiger partial charge in [0.2, 0.25) is 5.91 Å². The second-order valence-electron chi connectivity index (χ2n) is 7.41. The predicted octanol–water partition coefficient (Wildman–Crippen LogP) is 1.56. The summed E-state index contributed by atoms with van der Waals surface area (Å²) in [6, 6.07) is 0.621. The van der Waals surface area contributed by atoms with Crippen LogP contribution >= 0.6 is 0 Å². The van der Waals surface area contributed by atoms with E-state index >= 15 is 0 Å². The third kappa shape index (κ3) is 3.73. The van der Waals surface area contributed by atoms with Crippen LogP contribution < -0.4 is 5.32 Å². The number of rotatable bonds is 3. The maximum Gasteiger partial charge on any atom is 0.229 e. The first kappa shape index (κ1) is 15.8. The van der Waals surface area contributed by atoms with E-state index < -0.39 is 0 Å². The number of amides is 1. The van der Waals surface area contributed by atoms with E-state index in [0.717, 1.165) is 32.7 Å². The zero-order valence-corrected chi connectivity index (χ0v) is 13.6. The molecule has 2 heterocycles. The van der Waals surface area contributed by atoms with Crippen molar-refractivity contribution in [3.05, 3.63) is 0 Å². The van der Waals surface area contributed by atoms with Crippen molar-refractivity contribution in [1.29, 1.82) is 0 Å². The summed E-state index contributed by atoms with van der Waals surface area (Å²) in [5.74, 6) is 0.966. The molecule has 0 aromatic rings. The van der Waals surface area contributed by atoms with Gasteiger partial charge in [0.05, 0.1) is 5.41 Å². The van der Waals surface area contributed by atoms with Gasteiger partial charge >= 0.3 is 0 Å². The molecule has 2 fully saturated rings. The molecule has 0 aromatic carbocycles. The van der Waals surface area contributed by atoms with Crippen molar-refractivity contribution >= 4 is 5.91 Å². The summed E-state index contributed by atoms with van der Waals surface area (Å²) in [5, 5.41) is 3.39. The van der Waals surface area contributed by atoms with E-state index in [0.29, 0.717) is 17.9 Å². The molecule has 0 aliphatic carbocycles. The fourth-order valence-corrected chi connectivity index (χ4v) is 3.42. The van der Waals surface area contributed by atoms with Crippen LogP contribution in [0.25, 0.3) is 0 Å². The Hall–Kier alpha value is -0.610. The van der Waals surface area contributed by atoms with Crippen molar-refractivity contribution in [2.24, 2.45) is 11.3 Å². The number of hydrogen-bond donors (Lipinski definition) is 1. The normalized spacial score (nSPS) is 28.8. The maximum absolute atomic E-state index is 12.6. The molecule has 1 amide bonds. The van der Waals surface area contributed by atoms with Crippen LogP contribution in [0.4, 0.5) is 0 Å². The molecule has 4 nitrogen and oxygen atoms in total. The van der Waals surface area contributed by atoms with E-state index in [4.69, 9.17) is 0 Å². The number of carbonyl (C=O) groups is 1. The van der Waals surface area contributed by atoms with Crippen LogP contribution in [0.1, 0.15) is 40.5 Å². The number of piperidine rings is 1. The third-order valence-corrected chi connectivity index (χ3v) is 4.75. The molecule has 1 N–H and O–H groups in total. The predicted molar refractivity (Wildman–Crippen MR) is 82.7 cm³/mol. The fourth-order valence-electron chi connectivity index (χ4n) is 3.42. The van der Waals surface area contributed by atoms with E-state index in [-0.39, 0.29) is 5.41 Å². The summed E-state index contributed by atoms with van der Waals surface area (Å²) in [4.78, 5) is 17.3. The van der Waals surface area contributed by atoms with E-state index in [1.807, 2.05) is 0 Å². The SMILES string of the molecule is CC(C)N1CCCC(CN2CCNCC(C)(C)C2=O)C1. The van der Waals surface area contributed by atoms with Gasteiger partial charge in [-0.05, 0) is 53.0 Å². The molecular weight excluding hydrogens is 250 g/mol. The lowest BCUT2D eigenvalue weighted by Crippen LogP contribution is -2.48. The molecular formula is C16H31N3O. The Bertz CT molecular complexity index is 341. The van der Waals surface area contributed by atoms with Gasteiger partial charge < -0.3 is 15.1 Å². The number of nitrogens with zero attached hydrogens (tertiary/aromatic N) is 2. The number of hydrogen-bond acceptors (Lipinski definition) is 3. The Labute approximate surface area is 123 Å². The maximum atomic E-state index is 12.6. The van der Waals surface area contributed by atoms with E-state index in [2.05, 4.69) is 42.8 Å². The average Bonchev–Trinajstić information content (AvgIpc) is 2.52. The fraction of sp³-hybridized carbons (Fsp3) is 0.938. The highest BCUT2D eigenvalue weighted by Gasteiger charge is 2.35. The number of nitrogens with one attached hydrogen (secondary N) is 1. The van der Waals surface area contributed by atoms with Crippen LogP contribution in [0.3, 0.4) is 0 Å². The molecule has 4 heteroatoms. The van der Waals surface area contributed by atoms with Gasteiger partial charge in [0.25, 0.3) is 0 Å². The molecule has 2 rings (SSSR count). The molecule has 0 saturated carbocycles. The van der Waals surface area contributed by atoms with Gasteiger partial charge in [-0.25, -0.2) is 0 Å². The Balaban J connectivity index is 1.95. The van der Waals surface area contributed by atoms with Gasteiger partial charge in [0.15, 0.2) is 0 Å². The van der Waals surface area contributed by atoms with Crippen LogP contribution in [0.15, 0.2) is 0 Å². The Morgan fingerprint density at radius 1 is 1.35 bits per heavy atom. The van der Waals surface area contributed by atoms with Gasteiger partial charge in [0, 0.05) is 38.8 Å². The topological polar surface area (TPSA) is 35.6 Å². The summed E-state index contributed by atoms with van der Waals surface area (Å²) in [5.41, 5.74) is -0.261. The first-order chi connectivity index (χ1) is 9.40. The molecule has 2 aliphatic heterocycles. The van der Waals surface area contributed by atoms with Crippen molar-refractivity contribution in [3.8, 4) is 0 Å². The van der Waals surface area contributed by atoms with Gasteiger partial charge in [-0.1, -0.05) is 0 Å². The summed E-state index contributed by atoms with van der Waals surface area (Å²) in [6.07, 6.45) is 2.54. The molecule has 2 aliphatic rings. The third-order valence-electron chi connectivity index (χ3n) is 4.75. The van der Waals surface area contributed by atoms with Gasteiger partial charge in [-0.3, -0.25) is 4.79 Å². The summed E-state index contributed by atoms with van der Waals surface area (Å²) in [7, 11) is 0. The van der Waals surface area contributed by atoms with Crippen molar-refractivity contribution < 1.29 is 4.79 Å². The van der Waals surface area contributed by atoms with Crippen LogP contribution in [-0.4, -0.2) is 61.0 Å². The first-order valence-electron chi connectivity index (χ1n) is 8.14. The van der Waals surface area contributed by atoms with Crippen LogP contribution in [0.2, 0.25) is 0 Å². The zero-order chi connectivity index (χ0) is 14.8. The number of likely N-dealkylation sites (tertiary alicyclic amines) is 1. The van der Waals surface area contributed by atoms with Crippen LogP contribution in [-0.2, 0) is 4.79 Å². The minimum absolute atomic E-state index is 0.261. The Kier molecular flexibility index (Phi) is 5.08. The van der Waals surface area contributed by atoms with E-state index in [9.17, 15) is 4.79 Å². The van der Waals surface area contributed by atoms with Crippen molar-refractivity contribution in [2.45, 2.75) is 46.6 Å². The highest BCUT2D eigenvalue weighted by Crippen LogP contribution is 2.24. The van der Waals surface area contributed by atoms with Crippen molar-refractivity contribution in [1.82, 2.24) is 15.1 Å². The number of carbonyl (C=O) groups excluding carboxylic acids is 1. The lowest BCUT2D eigenvalue weighted by atomic mass is 9.90. The van der Waals surface area contributed by atoms with Crippen molar-refractivity contribution in [2.75, 3.05) is 39.3 Å². The molecule has 2 saturated heterocycles.